The van der Waals surface area contributed by atoms with Gasteiger partial charge in [0.05, 0.1) is 12.9 Å². The van der Waals surface area contributed by atoms with Crippen molar-refractivity contribution >= 4 is 17.0 Å². The number of hydrogen-bond donors (Lipinski definition) is 0. The molecule has 1 saturated carbocycles. The van der Waals surface area contributed by atoms with Gasteiger partial charge in [0, 0.05) is 34.3 Å². The summed E-state index contributed by atoms with van der Waals surface area (Å²) in [7, 11) is 0. The van der Waals surface area contributed by atoms with Crippen molar-refractivity contribution in [2.75, 3.05) is 0 Å². The monoisotopic (exact) mass is 361 g/mol. The van der Waals surface area contributed by atoms with Crippen LogP contribution in [0.5, 0.6) is 0 Å². The Labute approximate surface area is 157 Å². The van der Waals surface area contributed by atoms with Crippen LogP contribution in [0.1, 0.15) is 28.8 Å². The number of nitrogens with zero attached hydrogens (tertiary/aromatic N) is 3. The number of hydrogen-bond acceptors (Lipinski definition) is 4. The highest BCUT2D eigenvalue weighted by atomic mass is 32.1. The Bertz CT molecular complexity index is 912. The second kappa shape index (κ2) is 8.03. The third-order valence-corrected chi connectivity index (χ3v) is 4.92. The van der Waals surface area contributed by atoms with Gasteiger partial charge in [-0.05, 0) is 36.4 Å². The smallest absolute Gasteiger partial charge is 0.151 e. The Kier molecular flexibility index (Phi) is 5.13. The summed E-state index contributed by atoms with van der Waals surface area (Å²) in [5, 5.41) is 6.43. The van der Waals surface area contributed by atoms with Crippen LogP contribution in [0.3, 0.4) is 0 Å². The molecule has 2 aromatic heterocycles. The van der Waals surface area contributed by atoms with Crippen LogP contribution in [0.25, 0.3) is 0 Å². The molecular weight excluding hydrogens is 342 g/mol. The first kappa shape index (κ1) is 16.6. The predicted octanol–water partition coefficient (Wildman–Crippen LogP) is 4.33. The Morgan fingerprint density at radius 1 is 1.27 bits per heavy atom. The number of imidazole rings is 1. The number of aromatic nitrogens is 2. The molecule has 4 nitrogen and oxygen atoms in total. The summed E-state index contributed by atoms with van der Waals surface area (Å²) in [4.78, 5) is 10.9. The van der Waals surface area contributed by atoms with E-state index >= 15 is 0 Å². The molecule has 0 aliphatic heterocycles. The molecule has 130 valence electrons. The molecule has 3 aromatic rings. The van der Waals surface area contributed by atoms with E-state index < -0.39 is 0 Å². The van der Waals surface area contributed by atoms with Gasteiger partial charge in [-0.3, -0.25) is 0 Å². The fourth-order valence-electron chi connectivity index (χ4n) is 2.45. The quantitative estimate of drug-likeness (QED) is 0.372. The van der Waals surface area contributed by atoms with Crippen LogP contribution < -0.4 is 0 Å². The number of rotatable bonds is 6. The number of thiophene rings is 1. The topological polar surface area (TPSA) is 39.4 Å². The van der Waals surface area contributed by atoms with E-state index in [0.29, 0.717) is 19.1 Å². The van der Waals surface area contributed by atoms with Gasteiger partial charge in [-0.1, -0.05) is 35.2 Å². The molecule has 0 radical (unpaired) electrons. The Morgan fingerprint density at radius 3 is 2.85 bits per heavy atom. The first-order chi connectivity index (χ1) is 12.9. The van der Waals surface area contributed by atoms with E-state index in [9.17, 15) is 0 Å². The lowest BCUT2D eigenvalue weighted by Crippen LogP contribution is -2.11. The molecule has 2 heterocycles. The zero-order chi connectivity index (χ0) is 17.6. The van der Waals surface area contributed by atoms with E-state index in [1.54, 1.807) is 23.9 Å². The van der Waals surface area contributed by atoms with Crippen molar-refractivity contribution < 1.29 is 4.84 Å². The van der Waals surface area contributed by atoms with E-state index in [1.165, 1.54) is 12.8 Å². The maximum absolute atomic E-state index is 5.60. The fraction of sp³-hybridized carbons (Fsp3) is 0.238. The molecule has 5 heteroatoms. The summed E-state index contributed by atoms with van der Waals surface area (Å²) in [6.45, 7) is 1.09. The zero-order valence-corrected chi connectivity index (χ0v) is 15.2. The third-order valence-electron chi connectivity index (χ3n) is 4.07. The van der Waals surface area contributed by atoms with Crippen molar-refractivity contribution in [3.05, 3.63) is 76.5 Å². The van der Waals surface area contributed by atoms with E-state index in [0.717, 1.165) is 21.7 Å². The minimum Gasteiger partial charge on any atom is -0.390 e. The van der Waals surface area contributed by atoms with Crippen LogP contribution in [0, 0.1) is 17.8 Å². The van der Waals surface area contributed by atoms with Crippen LogP contribution in [-0.4, -0.2) is 15.3 Å². The predicted molar refractivity (Wildman–Crippen MR) is 104 cm³/mol. The molecule has 0 atom stereocenters. The average molecular weight is 361 g/mol. The highest BCUT2D eigenvalue weighted by molar-refractivity contribution is 7.09. The summed E-state index contributed by atoms with van der Waals surface area (Å²) in [6.07, 6.45) is 7.96. The largest absolute Gasteiger partial charge is 0.390 e. The van der Waals surface area contributed by atoms with E-state index in [2.05, 4.69) is 34.1 Å². The van der Waals surface area contributed by atoms with Gasteiger partial charge in [0.25, 0.3) is 0 Å². The molecule has 0 N–H and O–H groups in total. The van der Waals surface area contributed by atoms with Gasteiger partial charge in [0.2, 0.25) is 0 Å². The van der Waals surface area contributed by atoms with Crippen molar-refractivity contribution in [3.63, 3.8) is 0 Å². The van der Waals surface area contributed by atoms with Gasteiger partial charge in [-0.25, -0.2) is 4.98 Å². The van der Waals surface area contributed by atoms with Gasteiger partial charge < -0.3 is 9.40 Å². The summed E-state index contributed by atoms with van der Waals surface area (Å²) in [5.74, 6) is 7.15. The highest BCUT2D eigenvalue weighted by Crippen LogP contribution is 2.27. The van der Waals surface area contributed by atoms with Crippen molar-refractivity contribution in [1.29, 1.82) is 0 Å². The molecule has 1 aliphatic carbocycles. The molecule has 1 aromatic carbocycles. The molecule has 0 saturated heterocycles. The van der Waals surface area contributed by atoms with Crippen molar-refractivity contribution in [2.24, 2.45) is 11.1 Å². The molecule has 4 rings (SSSR count). The lowest BCUT2D eigenvalue weighted by atomic mass is 10.1. The van der Waals surface area contributed by atoms with E-state index in [4.69, 9.17) is 4.84 Å². The highest BCUT2D eigenvalue weighted by Gasteiger charge is 2.17. The van der Waals surface area contributed by atoms with Gasteiger partial charge in [0.15, 0.2) is 6.61 Å². The van der Waals surface area contributed by atoms with Crippen LogP contribution in [0.4, 0.5) is 0 Å². The Morgan fingerprint density at radius 2 is 2.15 bits per heavy atom. The minimum absolute atomic E-state index is 0.482. The van der Waals surface area contributed by atoms with Gasteiger partial charge >= 0.3 is 0 Å². The molecule has 1 aliphatic rings. The third kappa shape index (κ3) is 4.62. The second-order valence-electron chi connectivity index (χ2n) is 6.25. The zero-order valence-electron chi connectivity index (χ0n) is 14.3. The van der Waals surface area contributed by atoms with Crippen molar-refractivity contribution in [2.45, 2.75) is 26.0 Å². The summed E-state index contributed by atoms with van der Waals surface area (Å²) in [6, 6.07) is 12.3. The van der Waals surface area contributed by atoms with Crippen LogP contribution >= 0.6 is 11.3 Å². The first-order valence-electron chi connectivity index (χ1n) is 8.66. The minimum atomic E-state index is 0.482. The summed E-state index contributed by atoms with van der Waals surface area (Å²) >= 11 is 1.67. The van der Waals surface area contributed by atoms with Crippen molar-refractivity contribution in [3.8, 4) is 11.8 Å². The number of benzene rings is 1. The molecule has 0 amide bonds. The lowest BCUT2D eigenvalue weighted by molar-refractivity contribution is 0.132. The van der Waals surface area contributed by atoms with Crippen LogP contribution in [-0.2, 0) is 18.0 Å². The van der Waals surface area contributed by atoms with Gasteiger partial charge in [0.1, 0.15) is 5.71 Å². The molecule has 0 bridgehead atoms. The SMILES string of the molecule is C(#CC1CC1)c1ccc(/C(Cn2ccnc2)=N/OCc2cccs2)cc1. The second-order valence-corrected chi connectivity index (χ2v) is 7.28. The van der Waals surface area contributed by atoms with Crippen LogP contribution in [0.15, 0.2) is 65.7 Å². The molecule has 1 fully saturated rings. The Balaban J connectivity index is 1.50. The maximum atomic E-state index is 5.60. The molecule has 0 unspecified atom stereocenters. The molecular formula is C21H19N3OS. The summed E-state index contributed by atoms with van der Waals surface area (Å²) < 4.78 is 1.98. The van der Waals surface area contributed by atoms with Crippen LogP contribution in [0.2, 0.25) is 0 Å². The van der Waals surface area contributed by atoms with E-state index in [1.807, 2.05) is 40.4 Å². The summed E-state index contributed by atoms with van der Waals surface area (Å²) in [5.41, 5.74) is 2.94. The molecule has 26 heavy (non-hydrogen) atoms. The standard InChI is InChI=1S/C21H19N3OS/c1-2-20(26-13-1)15-25-23-21(14-24-12-11-22-16-24)19-9-7-18(8-10-19)6-5-17-3-4-17/h1-2,7-13,16-17H,3-4,14-15H2/b23-21+. The Hall–Kier alpha value is -2.84. The van der Waals surface area contributed by atoms with Gasteiger partial charge in [-0.2, -0.15) is 0 Å². The van der Waals surface area contributed by atoms with Gasteiger partial charge in [-0.15, -0.1) is 11.3 Å². The maximum Gasteiger partial charge on any atom is 0.151 e. The molecule has 0 spiro atoms. The first-order valence-corrected chi connectivity index (χ1v) is 9.54. The fourth-order valence-corrected chi connectivity index (χ4v) is 3.06. The van der Waals surface area contributed by atoms with E-state index in [-0.39, 0.29) is 0 Å². The lowest BCUT2D eigenvalue weighted by Gasteiger charge is -2.08. The normalized spacial score (nSPS) is 13.9. The average Bonchev–Trinajstić information content (AvgIpc) is 3.10. The number of oxime groups is 1. The van der Waals surface area contributed by atoms with Crippen molar-refractivity contribution in [1.82, 2.24) is 9.55 Å².